The zero-order chi connectivity index (χ0) is 14.0. The molecule has 0 spiro atoms. The molecule has 1 fully saturated rings. The average molecular weight is 303 g/mol. The van der Waals surface area contributed by atoms with Gasteiger partial charge in [-0.3, -0.25) is 4.79 Å². The minimum absolute atomic E-state index is 0.0970. The van der Waals surface area contributed by atoms with Crippen LogP contribution in [0.2, 0.25) is 5.02 Å². The van der Waals surface area contributed by atoms with Crippen LogP contribution in [-0.2, 0) is 21.1 Å². The molecule has 0 atom stereocenters. The molecule has 104 valence electrons. The summed E-state index contributed by atoms with van der Waals surface area (Å²) in [5, 5.41) is 8.52. The molecule has 2 rings (SSSR count). The molecular formula is C13H15ClO4S. The van der Waals surface area contributed by atoms with Crippen molar-refractivity contribution in [3.05, 3.63) is 28.8 Å². The number of sulfone groups is 1. The van der Waals surface area contributed by atoms with Gasteiger partial charge in [0.1, 0.15) is 0 Å². The molecule has 0 unspecified atom stereocenters. The lowest BCUT2D eigenvalue weighted by atomic mass is 10.1. The maximum absolute atomic E-state index is 12.1. The smallest absolute Gasteiger partial charge is 0.303 e. The minimum atomic E-state index is -3.27. The number of carboxylic acid groups (broad SMARTS) is 1. The Morgan fingerprint density at radius 1 is 1.37 bits per heavy atom. The Labute approximate surface area is 117 Å². The fourth-order valence-electron chi connectivity index (χ4n) is 1.93. The third-order valence-electron chi connectivity index (χ3n) is 3.12. The van der Waals surface area contributed by atoms with Gasteiger partial charge in [-0.25, -0.2) is 8.42 Å². The highest BCUT2D eigenvalue weighted by molar-refractivity contribution is 7.92. The lowest BCUT2D eigenvalue weighted by molar-refractivity contribution is -0.137. The van der Waals surface area contributed by atoms with Gasteiger partial charge in [0.15, 0.2) is 9.84 Å². The van der Waals surface area contributed by atoms with E-state index in [-0.39, 0.29) is 21.6 Å². The van der Waals surface area contributed by atoms with Crippen LogP contribution in [-0.4, -0.2) is 24.7 Å². The molecule has 0 amide bonds. The summed E-state index contributed by atoms with van der Waals surface area (Å²) in [7, 11) is -3.27. The third-order valence-corrected chi connectivity index (χ3v) is 5.86. The summed E-state index contributed by atoms with van der Waals surface area (Å²) >= 11 is 6.03. The number of hydrogen-bond acceptors (Lipinski definition) is 3. The van der Waals surface area contributed by atoms with E-state index in [0.29, 0.717) is 25.7 Å². The summed E-state index contributed by atoms with van der Waals surface area (Å²) in [5.74, 6) is -0.834. The van der Waals surface area contributed by atoms with Crippen molar-refractivity contribution in [2.45, 2.75) is 42.2 Å². The van der Waals surface area contributed by atoms with Crippen LogP contribution < -0.4 is 0 Å². The highest BCUT2D eigenvalue weighted by Gasteiger charge is 2.37. The van der Waals surface area contributed by atoms with Crippen molar-refractivity contribution in [2.24, 2.45) is 0 Å². The lowest BCUT2D eigenvalue weighted by Gasteiger charge is -2.07. The zero-order valence-corrected chi connectivity index (χ0v) is 11.9. The Bertz CT molecular complexity index is 591. The number of carbonyl (C=O) groups is 1. The zero-order valence-electron chi connectivity index (χ0n) is 10.3. The topological polar surface area (TPSA) is 71.4 Å². The van der Waals surface area contributed by atoms with Crippen molar-refractivity contribution in [2.75, 3.05) is 0 Å². The van der Waals surface area contributed by atoms with Crippen LogP contribution in [0, 0.1) is 0 Å². The first-order valence-electron chi connectivity index (χ1n) is 6.15. The standard InChI is InChI=1S/C13H15ClO4S/c14-11-8-9(2-1-3-13(15)16)4-7-12(11)19(17,18)10-5-6-10/h4,7-8,10H,1-3,5-6H2,(H,15,16). The van der Waals surface area contributed by atoms with Crippen molar-refractivity contribution in [1.29, 1.82) is 0 Å². The van der Waals surface area contributed by atoms with Gasteiger partial charge in [0, 0.05) is 6.42 Å². The van der Waals surface area contributed by atoms with Crippen LogP contribution in [0.3, 0.4) is 0 Å². The van der Waals surface area contributed by atoms with Gasteiger partial charge in [0.25, 0.3) is 0 Å². The fraction of sp³-hybridized carbons (Fsp3) is 0.462. The van der Waals surface area contributed by atoms with E-state index >= 15 is 0 Å². The summed E-state index contributed by atoms with van der Waals surface area (Å²) in [6.45, 7) is 0. The fourth-order valence-corrected chi connectivity index (χ4v) is 4.16. The van der Waals surface area contributed by atoms with Crippen LogP contribution in [0.4, 0.5) is 0 Å². The van der Waals surface area contributed by atoms with Crippen LogP contribution in [0.15, 0.2) is 23.1 Å². The van der Waals surface area contributed by atoms with E-state index in [1.165, 1.54) is 6.07 Å². The SMILES string of the molecule is O=C(O)CCCc1ccc(S(=O)(=O)C2CC2)c(Cl)c1. The van der Waals surface area contributed by atoms with E-state index in [1.54, 1.807) is 12.1 Å². The van der Waals surface area contributed by atoms with Crippen LogP contribution in [0.1, 0.15) is 31.2 Å². The number of aryl methyl sites for hydroxylation is 1. The molecule has 0 saturated heterocycles. The highest BCUT2D eigenvalue weighted by Crippen LogP contribution is 2.36. The first kappa shape index (κ1) is 14.3. The van der Waals surface area contributed by atoms with Gasteiger partial charge in [0.2, 0.25) is 0 Å². The second-order valence-corrected chi connectivity index (χ2v) is 7.36. The summed E-state index contributed by atoms with van der Waals surface area (Å²) in [4.78, 5) is 10.6. The number of benzene rings is 1. The molecule has 0 heterocycles. The van der Waals surface area contributed by atoms with Crippen molar-refractivity contribution >= 4 is 27.4 Å². The summed E-state index contributed by atoms with van der Waals surface area (Å²) in [6, 6.07) is 4.87. The Hall–Kier alpha value is -1.07. The van der Waals surface area contributed by atoms with E-state index in [0.717, 1.165) is 5.56 Å². The van der Waals surface area contributed by atoms with Gasteiger partial charge < -0.3 is 5.11 Å². The largest absolute Gasteiger partial charge is 0.481 e. The molecular weight excluding hydrogens is 288 g/mol. The van der Waals surface area contributed by atoms with Crippen LogP contribution in [0.25, 0.3) is 0 Å². The summed E-state index contributed by atoms with van der Waals surface area (Å²) in [5.41, 5.74) is 0.862. The summed E-state index contributed by atoms with van der Waals surface area (Å²) < 4.78 is 24.1. The molecule has 0 bridgehead atoms. The van der Waals surface area contributed by atoms with Gasteiger partial charge in [-0.1, -0.05) is 17.7 Å². The van der Waals surface area contributed by atoms with Crippen LogP contribution >= 0.6 is 11.6 Å². The Morgan fingerprint density at radius 3 is 2.58 bits per heavy atom. The minimum Gasteiger partial charge on any atom is -0.481 e. The van der Waals surface area contributed by atoms with Crippen molar-refractivity contribution in [1.82, 2.24) is 0 Å². The van der Waals surface area contributed by atoms with Crippen molar-refractivity contribution in [3.63, 3.8) is 0 Å². The maximum Gasteiger partial charge on any atom is 0.303 e. The average Bonchev–Trinajstić information content (AvgIpc) is 3.12. The second kappa shape index (κ2) is 5.51. The maximum atomic E-state index is 12.1. The van der Waals surface area contributed by atoms with Crippen LogP contribution in [0.5, 0.6) is 0 Å². The first-order valence-corrected chi connectivity index (χ1v) is 8.08. The van der Waals surface area contributed by atoms with E-state index in [2.05, 4.69) is 0 Å². The number of carboxylic acids is 1. The molecule has 1 aromatic carbocycles. The molecule has 1 saturated carbocycles. The van der Waals surface area contributed by atoms with Gasteiger partial charge in [-0.05, 0) is 43.4 Å². The first-order chi connectivity index (χ1) is 8.91. The van der Waals surface area contributed by atoms with E-state index < -0.39 is 15.8 Å². The summed E-state index contributed by atoms with van der Waals surface area (Å²) in [6.07, 6.45) is 2.61. The second-order valence-electron chi connectivity index (χ2n) is 4.76. The molecule has 1 aliphatic rings. The monoisotopic (exact) mass is 302 g/mol. The van der Waals surface area contributed by atoms with E-state index in [9.17, 15) is 13.2 Å². The molecule has 1 aromatic rings. The predicted octanol–water partition coefficient (Wildman–Crippen LogP) is 2.68. The van der Waals surface area contributed by atoms with Gasteiger partial charge in [-0.15, -0.1) is 0 Å². The number of hydrogen-bond donors (Lipinski definition) is 1. The van der Waals surface area contributed by atoms with Gasteiger partial charge in [-0.2, -0.15) is 0 Å². The number of halogens is 1. The molecule has 0 radical (unpaired) electrons. The van der Waals surface area contributed by atoms with E-state index in [1.807, 2.05) is 0 Å². The van der Waals surface area contributed by atoms with Crippen molar-refractivity contribution < 1.29 is 18.3 Å². The Morgan fingerprint density at radius 2 is 2.05 bits per heavy atom. The number of rotatable bonds is 6. The molecule has 6 heteroatoms. The van der Waals surface area contributed by atoms with E-state index in [4.69, 9.17) is 16.7 Å². The van der Waals surface area contributed by atoms with Gasteiger partial charge in [0.05, 0.1) is 15.2 Å². The predicted molar refractivity (Wildman–Crippen MR) is 72.2 cm³/mol. The normalized spacial score (nSPS) is 15.4. The van der Waals surface area contributed by atoms with Gasteiger partial charge >= 0.3 is 5.97 Å². The van der Waals surface area contributed by atoms with Crippen molar-refractivity contribution in [3.8, 4) is 0 Å². The molecule has 1 aliphatic carbocycles. The molecule has 1 N–H and O–H groups in total. The highest BCUT2D eigenvalue weighted by atomic mass is 35.5. The molecule has 0 aromatic heterocycles. The molecule has 19 heavy (non-hydrogen) atoms. The Balaban J connectivity index is 2.11. The third kappa shape index (κ3) is 3.48. The number of aliphatic carboxylic acids is 1. The quantitative estimate of drug-likeness (QED) is 0.877. The molecule has 4 nitrogen and oxygen atoms in total. The Kier molecular flexibility index (Phi) is 4.16. The molecule has 0 aliphatic heterocycles. The lowest BCUT2D eigenvalue weighted by Crippen LogP contribution is -2.08.